The van der Waals surface area contributed by atoms with Crippen molar-refractivity contribution in [3.05, 3.63) is 58.4 Å². The molecule has 0 radical (unpaired) electrons. The average Bonchev–Trinajstić information content (AvgIpc) is 3.30. The molecule has 0 fully saturated rings. The van der Waals surface area contributed by atoms with Crippen molar-refractivity contribution in [3.8, 4) is 9.88 Å². The first-order chi connectivity index (χ1) is 12.8. The van der Waals surface area contributed by atoms with Crippen LogP contribution >= 0.6 is 22.7 Å². The van der Waals surface area contributed by atoms with Crippen LogP contribution in [0.25, 0.3) is 9.88 Å². The first-order valence-electron chi connectivity index (χ1n) is 7.58. The molecule has 3 rings (SSSR count). The molecule has 0 aliphatic carbocycles. The minimum absolute atomic E-state index is 0.0659. The van der Waals surface area contributed by atoms with E-state index in [9.17, 15) is 22.8 Å². The van der Waals surface area contributed by atoms with Gasteiger partial charge < -0.3 is 10.6 Å². The molecule has 0 saturated carbocycles. The summed E-state index contributed by atoms with van der Waals surface area (Å²) in [6, 6.07) is 9.58. The fourth-order valence-electron chi connectivity index (χ4n) is 2.14. The number of benzene rings is 1. The summed E-state index contributed by atoms with van der Waals surface area (Å²) >= 11 is 2.79. The van der Waals surface area contributed by atoms with Gasteiger partial charge in [0.15, 0.2) is 0 Å². The molecule has 2 heterocycles. The van der Waals surface area contributed by atoms with Crippen LogP contribution in [0.3, 0.4) is 0 Å². The molecule has 2 N–H and O–H groups in total. The zero-order chi connectivity index (χ0) is 19.4. The zero-order valence-corrected chi connectivity index (χ0v) is 15.2. The predicted octanol–water partition coefficient (Wildman–Crippen LogP) is 4.42. The number of halogens is 3. The summed E-state index contributed by atoms with van der Waals surface area (Å²) in [6.45, 7) is -1.45. The van der Waals surface area contributed by atoms with Gasteiger partial charge in [0.1, 0.15) is 17.2 Å². The van der Waals surface area contributed by atoms with Crippen molar-refractivity contribution < 1.29 is 22.8 Å². The normalized spacial score (nSPS) is 11.2. The summed E-state index contributed by atoms with van der Waals surface area (Å²) in [5.74, 6) is -1.48. The summed E-state index contributed by atoms with van der Waals surface area (Å²) < 4.78 is 36.9. The van der Waals surface area contributed by atoms with Crippen LogP contribution in [-0.4, -0.2) is 29.5 Å². The Hall–Kier alpha value is -2.72. The molecule has 0 atom stereocenters. The number of hydrogen-bond acceptors (Lipinski definition) is 5. The standard InChI is InChI=1S/C17H12F3N3O2S2/c18-17(19,20)9-21-14(24)10-4-1-2-5-11(10)22-15(25)12-8-27-16(23-12)13-6-3-7-26-13/h1-8H,9H2,(H,21,24)(H,22,25). The van der Waals surface area contributed by atoms with Gasteiger partial charge in [-0.3, -0.25) is 9.59 Å². The number of rotatable bonds is 5. The van der Waals surface area contributed by atoms with Crippen LogP contribution in [0.4, 0.5) is 18.9 Å². The molecule has 1 aromatic carbocycles. The van der Waals surface area contributed by atoms with Crippen molar-refractivity contribution in [2.75, 3.05) is 11.9 Å². The molecule has 140 valence electrons. The number of aromatic nitrogens is 1. The predicted molar refractivity (Wildman–Crippen MR) is 98.2 cm³/mol. The summed E-state index contributed by atoms with van der Waals surface area (Å²) in [7, 11) is 0. The highest BCUT2D eigenvalue weighted by atomic mass is 32.1. The summed E-state index contributed by atoms with van der Waals surface area (Å²) in [5.41, 5.74) is 0.200. The van der Waals surface area contributed by atoms with Gasteiger partial charge in [0.25, 0.3) is 11.8 Å². The highest BCUT2D eigenvalue weighted by Gasteiger charge is 2.28. The van der Waals surface area contributed by atoms with Crippen LogP contribution in [0.1, 0.15) is 20.8 Å². The fraction of sp³-hybridized carbons (Fsp3) is 0.118. The van der Waals surface area contributed by atoms with Crippen LogP contribution in [0.5, 0.6) is 0 Å². The third kappa shape index (κ3) is 4.92. The molecule has 0 unspecified atom stereocenters. The zero-order valence-electron chi connectivity index (χ0n) is 13.5. The molecule has 27 heavy (non-hydrogen) atoms. The Balaban J connectivity index is 1.74. The Kier molecular flexibility index (Phi) is 5.57. The van der Waals surface area contributed by atoms with Gasteiger partial charge in [-0.2, -0.15) is 13.2 Å². The SMILES string of the molecule is O=C(Nc1ccccc1C(=O)NCC(F)(F)F)c1csc(-c2cccs2)n1. The molecule has 0 spiro atoms. The highest BCUT2D eigenvalue weighted by molar-refractivity contribution is 7.20. The van der Waals surface area contributed by atoms with Crippen LogP contribution in [0, 0.1) is 0 Å². The van der Waals surface area contributed by atoms with Gasteiger partial charge in [-0.15, -0.1) is 22.7 Å². The molecular formula is C17H12F3N3O2S2. The van der Waals surface area contributed by atoms with Crippen molar-refractivity contribution in [2.45, 2.75) is 6.18 Å². The lowest BCUT2D eigenvalue weighted by molar-refractivity contribution is -0.123. The number of carbonyl (C=O) groups is 2. The van der Waals surface area contributed by atoms with Gasteiger partial charge in [0.2, 0.25) is 0 Å². The number of nitrogens with zero attached hydrogens (tertiary/aromatic N) is 1. The summed E-state index contributed by atoms with van der Waals surface area (Å²) in [4.78, 5) is 29.6. The van der Waals surface area contributed by atoms with Gasteiger partial charge in [-0.25, -0.2) is 4.98 Å². The van der Waals surface area contributed by atoms with E-state index < -0.39 is 24.5 Å². The van der Waals surface area contributed by atoms with Crippen LogP contribution in [0.15, 0.2) is 47.2 Å². The summed E-state index contributed by atoms with van der Waals surface area (Å²) in [6.07, 6.45) is -4.52. The Labute approximate surface area is 159 Å². The molecular weight excluding hydrogens is 399 g/mol. The number of nitrogens with one attached hydrogen (secondary N) is 2. The van der Waals surface area contributed by atoms with E-state index in [1.54, 1.807) is 16.8 Å². The van der Waals surface area contributed by atoms with E-state index >= 15 is 0 Å². The number of amides is 2. The number of thiophene rings is 1. The molecule has 2 aromatic heterocycles. The number of alkyl halides is 3. The van der Waals surface area contributed by atoms with Gasteiger partial charge >= 0.3 is 6.18 Å². The largest absolute Gasteiger partial charge is 0.405 e. The maximum absolute atomic E-state index is 12.4. The van der Waals surface area contributed by atoms with E-state index in [1.165, 1.54) is 40.9 Å². The minimum Gasteiger partial charge on any atom is -0.343 e. The monoisotopic (exact) mass is 411 g/mol. The number of anilines is 1. The Morgan fingerprint density at radius 3 is 2.52 bits per heavy atom. The molecule has 3 aromatic rings. The molecule has 0 bridgehead atoms. The third-order valence-corrected chi connectivity index (χ3v) is 5.22. The van der Waals surface area contributed by atoms with Gasteiger partial charge in [-0.1, -0.05) is 18.2 Å². The van der Waals surface area contributed by atoms with E-state index in [0.717, 1.165) is 4.88 Å². The highest BCUT2D eigenvalue weighted by Crippen LogP contribution is 2.28. The Morgan fingerprint density at radius 1 is 1.04 bits per heavy atom. The molecule has 0 aliphatic rings. The number of thiazole rings is 1. The lowest BCUT2D eigenvalue weighted by Gasteiger charge is -2.12. The van der Waals surface area contributed by atoms with Gasteiger partial charge in [0.05, 0.1) is 16.1 Å². The lowest BCUT2D eigenvalue weighted by atomic mass is 10.1. The van der Waals surface area contributed by atoms with Crippen molar-refractivity contribution in [2.24, 2.45) is 0 Å². The average molecular weight is 411 g/mol. The Bertz CT molecular complexity index is 952. The maximum Gasteiger partial charge on any atom is 0.405 e. The lowest BCUT2D eigenvalue weighted by Crippen LogP contribution is -2.34. The van der Waals surface area contributed by atoms with Gasteiger partial charge in [-0.05, 0) is 23.6 Å². The van der Waals surface area contributed by atoms with Crippen molar-refractivity contribution in [3.63, 3.8) is 0 Å². The first kappa shape index (κ1) is 19.1. The fourth-order valence-corrected chi connectivity index (χ4v) is 3.76. The van der Waals surface area contributed by atoms with E-state index in [0.29, 0.717) is 5.01 Å². The van der Waals surface area contributed by atoms with Crippen LogP contribution < -0.4 is 10.6 Å². The number of hydrogen-bond donors (Lipinski definition) is 2. The molecule has 5 nitrogen and oxygen atoms in total. The second kappa shape index (κ2) is 7.89. The smallest absolute Gasteiger partial charge is 0.343 e. The Morgan fingerprint density at radius 2 is 1.81 bits per heavy atom. The van der Waals surface area contributed by atoms with Crippen molar-refractivity contribution in [1.29, 1.82) is 0 Å². The molecule has 2 amide bonds. The molecule has 10 heteroatoms. The quantitative estimate of drug-likeness (QED) is 0.653. The van der Waals surface area contributed by atoms with Crippen LogP contribution in [-0.2, 0) is 0 Å². The maximum atomic E-state index is 12.4. The van der Waals surface area contributed by atoms with E-state index in [1.807, 2.05) is 17.5 Å². The second-order valence-corrected chi connectivity index (χ2v) is 7.12. The van der Waals surface area contributed by atoms with Crippen molar-refractivity contribution >= 4 is 40.2 Å². The second-order valence-electron chi connectivity index (χ2n) is 5.31. The first-order valence-corrected chi connectivity index (χ1v) is 9.34. The summed E-state index contributed by atoms with van der Waals surface area (Å²) in [5, 5.41) is 8.48. The molecule has 0 saturated heterocycles. The van der Waals surface area contributed by atoms with Crippen molar-refractivity contribution in [1.82, 2.24) is 10.3 Å². The minimum atomic E-state index is -4.52. The van der Waals surface area contributed by atoms with Crippen LogP contribution in [0.2, 0.25) is 0 Å². The third-order valence-electron chi connectivity index (χ3n) is 3.34. The topological polar surface area (TPSA) is 71.1 Å². The number of carbonyl (C=O) groups excluding carboxylic acids is 2. The van der Waals surface area contributed by atoms with E-state index in [2.05, 4.69) is 10.3 Å². The van der Waals surface area contributed by atoms with E-state index in [-0.39, 0.29) is 16.9 Å². The molecule has 0 aliphatic heterocycles. The number of para-hydroxylation sites is 1. The van der Waals surface area contributed by atoms with Gasteiger partial charge in [0, 0.05) is 5.38 Å². The van der Waals surface area contributed by atoms with E-state index in [4.69, 9.17) is 0 Å².